The minimum absolute atomic E-state index is 0.103. The van der Waals surface area contributed by atoms with E-state index in [9.17, 15) is 19.2 Å². The van der Waals surface area contributed by atoms with Crippen LogP contribution in [0.25, 0.3) is 0 Å². The molecule has 1 aromatic carbocycles. The Morgan fingerprint density at radius 3 is 2.20 bits per heavy atom. The van der Waals surface area contributed by atoms with E-state index in [0.717, 1.165) is 22.3 Å². The molecule has 0 bridgehead atoms. The standard InChI is InChI=1S/C20H20O5/c1-6-14(21)18-15(22)9-13(17(19(18)23)20(24)25-5)16-11(3)7-10(2)8-12(16)4/h1,7-8,13,17-18H,9H2,2-5H3. The number of hydrogen-bond donors (Lipinski definition) is 0. The Morgan fingerprint density at radius 2 is 1.72 bits per heavy atom. The van der Waals surface area contributed by atoms with Gasteiger partial charge in [-0.3, -0.25) is 19.2 Å². The molecule has 0 heterocycles. The van der Waals surface area contributed by atoms with Gasteiger partial charge in [-0.15, -0.1) is 6.42 Å². The minimum atomic E-state index is -1.57. The first kappa shape index (κ1) is 18.6. The van der Waals surface area contributed by atoms with Gasteiger partial charge in [0.1, 0.15) is 11.8 Å². The number of ketones is 3. The molecule has 0 aliphatic heterocycles. The van der Waals surface area contributed by atoms with Crippen molar-refractivity contribution in [2.45, 2.75) is 33.1 Å². The summed E-state index contributed by atoms with van der Waals surface area (Å²) >= 11 is 0. The average Bonchev–Trinajstić information content (AvgIpc) is 2.52. The number of terminal acetylenes is 1. The fraction of sp³-hybridized carbons (Fsp3) is 0.400. The van der Waals surface area contributed by atoms with Crippen LogP contribution in [0, 0.1) is 45.0 Å². The number of benzene rings is 1. The summed E-state index contributed by atoms with van der Waals surface area (Å²) in [6, 6.07) is 3.87. The van der Waals surface area contributed by atoms with E-state index in [0.29, 0.717) is 0 Å². The molecule has 0 amide bonds. The Kier molecular flexibility index (Phi) is 5.22. The summed E-state index contributed by atoms with van der Waals surface area (Å²) in [4.78, 5) is 49.3. The number of methoxy groups -OCH3 is 1. The highest BCUT2D eigenvalue weighted by molar-refractivity contribution is 6.28. The monoisotopic (exact) mass is 340 g/mol. The molecule has 1 aromatic rings. The predicted octanol–water partition coefficient (Wildman–Crippen LogP) is 1.85. The average molecular weight is 340 g/mol. The van der Waals surface area contributed by atoms with Gasteiger partial charge < -0.3 is 4.74 Å². The molecule has 1 saturated carbocycles. The zero-order chi connectivity index (χ0) is 18.9. The predicted molar refractivity (Wildman–Crippen MR) is 90.9 cm³/mol. The summed E-state index contributed by atoms with van der Waals surface area (Å²) in [7, 11) is 1.18. The maximum absolute atomic E-state index is 12.8. The summed E-state index contributed by atoms with van der Waals surface area (Å²) in [5.74, 6) is -4.59. The van der Waals surface area contributed by atoms with Crippen molar-refractivity contribution >= 4 is 23.3 Å². The molecule has 1 aliphatic rings. The normalized spacial score (nSPS) is 23.1. The Labute approximate surface area is 146 Å². The molecule has 3 atom stereocenters. The smallest absolute Gasteiger partial charge is 0.316 e. The zero-order valence-electron chi connectivity index (χ0n) is 14.7. The van der Waals surface area contributed by atoms with E-state index in [1.807, 2.05) is 38.8 Å². The van der Waals surface area contributed by atoms with Gasteiger partial charge in [0.2, 0.25) is 5.78 Å². The number of Topliss-reactive ketones (excluding diaryl/α,β-unsaturated/α-hetero) is 3. The number of aryl methyl sites for hydroxylation is 3. The number of carbonyl (C=O) groups excluding carboxylic acids is 4. The second-order valence-electron chi connectivity index (χ2n) is 6.43. The first-order chi connectivity index (χ1) is 11.7. The summed E-state index contributed by atoms with van der Waals surface area (Å²) in [6.45, 7) is 5.69. The topological polar surface area (TPSA) is 77.5 Å². The first-order valence-corrected chi connectivity index (χ1v) is 7.95. The number of carbonyl (C=O) groups is 4. The van der Waals surface area contributed by atoms with Crippen LogP contribution in [0.1, 0.15) is 34.6 Å². The van der Waals surface area contributed by atoms with E-state index in [4.69, 9.17) is 11.2 Å². The minimum Gasteiger partial charge on any atom is -0.468 e. The number of ether oxygens (including phenoxy) is 1. The lowest BCUT2D eigenvalue weighted by atomic mass is 9.67. The molecular weight excluding hydrogens is 320 g/mol. The van der Waals surface area contributed by atoms with Gasteiger partial charge in [0, 0.05) is 12.3 Å². The van der Waals surface area contributed by atoms with Crippen LogP contribution in [0.5, 0.6) is 0 Å². The van der Waals surface area contributed by atoms with Gasteiger partial charge in [-0.1, -0.05) is 17.7 Å². The molecule has 1 fully saturated rings. The lowest BCUT2D eigenvalue weighted by Gasteiger charge is -2.33. The van der Waals surface area contributed by atoms with Crippen LogP contribution < -0.4 is 0 Å². The van der Waals surface area contributed by atoms with Gasteiger partial charge in [0.15, 0.2) is 11.6 Å². The van der Waals surface area contributed by atoms with Crippen LogP contribution in [0.2, 0.25) is 0 Å². The molecule has 0 radical (unpaired) electrons. The Balaban J connectivity index is 2.60. The molecule has 5 nitrogen and oxygen atoms in total. The van der Waals surface area contributed by atoms with Gasteiger partial charge in [-0.05, 0) is 43.4 Å². The Hall–Kier alpha value is -2.74. The van der Waals surface area contributed by atoms with Gasteiger partial charge in [-0.25, -0.2) is 0 Å². The van der Waals surface area contributed by atoms with Crippen LogP contribution in [-0.4, -0.2) is 30.4 Å². The summed E-state index contributed by atoms with van der Waals surface area (Å²) in [5, 5.41) is 0. The maximum atomic E-state index is 12.8. The molecule has 0 aromatic heterocycles. The largest absolute Gasteiger partial charge is 0.468 e. The fourth-order valence-corrected chi connectivity index (χ4v) is 3.80. The Morgan fingerprint density at radius 1 is 1.16 bits per heavy atom. The van der Waals surface area contributed by atoms with Crippen molar-refractivity contribution in [2.24, 2.45) is 11.8 Å². The molecule has 2 rings (SSSR count). The third kappa shape index (κ3) is 3.25. The summed E-state index contributed by atoms with van der Waals surface area (Å²) < 4.78 is 4.78. The molecular formula is C20H20O5. The molecule has 0 spiro atoms. The molecule has 130 valence electrons. The van der Waals surface area contributed by atoms with Crippen molar-refractivity contribution in [3.8, 4) is 12.3 Å². The van der Waals surface area contributed by atoms with E-state index in [-0.39, 0.29) is 6.42 Å². The van der Waals surface area contributed by atoms with Crippen molar-refractivity contribution in [1.29, 1.82) is 0 Å². The maximum Gasteiger partial charge on any atom is 0.316 e. The first-order valence-electron chi connectivity index (χ1n) is 7.95. The number of rotatable bonds is 3. The molecule has 25 heavy (non-hydrogen) atoms. The molecule has 1 aliphatic carbocycles. The quantitative estimate of drug-likeness (QED) is 0.363. The summed E-state index contributed by atoms with van der Waals surface area (Å²) in [5.41, 5.74) is 3.59. The van der Waals surface area contributed by atoms with Gasteiger partial charge in [0.05, 0.1) is 7.11 Å². The third-order valence-electron chi connectivity index (χ3n) is 4.70. The third-order valence-corrected chi connectivity index (χ3v) is 4.70. The number of esters is 1. The highest BCUT2D eigenvalue weighted by atomic mass is 16.5. The summed E-state index contributed by atoms with van der Waals surface area (Å²) in [6.07, 6.45) is 4.97. The lowest BCUT2D eigenvalue weighted by Crippen LogP contribution is -2.47. The lowest BCUT2D eigenvalue weighted by molar-refractivity contribution is -0.155. The van der Waals surface area contributed by atoms with Crippen LogP contribution >= 0.6 is 0 Å². The van der Waals surface area contributed by atoms with E-state index in [2.05, 4.69) is 0 Å². The van der Waals surface area contributed by atoms with Crippen molar-refractivity contribution in [3.63, 3.8) is 0 Å². The molecule has 0 N–H and O–H groups in total. The second-order valence-corrected chi connectivity index (χ2v) is 6.43. The van der Waals surface area contributed by atoms with Crippen LogP contribution in [0.3, 0.4) is 0 Å². The van der Waals surface area contributed by atoms with E-state index >= 15 is 0 Å². The van der Waals surface area contributed by atoms with Crippen molar-refractivity contribution in [3.05, 3.63) is 34.4 Å². The van der Waals surface area contributed by atoms with Crippen LogP contribution in [0.15, 0.2) is 12.1 Å². The van der Waals surface area contributed by atoms with Gasteiger partial charge in [-0.2, -0.15) is 0 Å². The van der Waals surface area contributed by atoms with Crippen molar-refractivity contribution in [1.82, 2.24) is 0 Å². The van der Waals surface area contributed by atoms with E-state index < -0.39 is 41.1 Å². The van der Waals surface area contributed by atoms with Gasteiger partial charge in [0.25, 0.3) is 0 Å². The van der Waals surface area contributed by atoms with Crippen LogP contribution in [-0.2, 0) is 23.9 Å². The van der Waals surface area contributed by atoms with Crippen molar-refractivity contribution < 1.29 is 23.9 Å². The SMILES string of the molecule is C#CC(=O)C1C(=O)CC(c2c(C)cc(C)cc2C)C(C(=O)OC)C1=O. The highest BCUT2D eigenvalue weighted by Crippen LogP contribution is 2.40. The Bertz CT molecular complexity index is 789. The van der Waals surface area contributed by atoms with Gasteiger partial charge >= 0.3 is 5.97 Å². The van der Waals surface area contributed by atoms with E-state index in [1.54, 1.807) is 0 Å². The van der Waals surface area contributed by atoms with Crippen molar-refractivity contribution in [2.75, 3.05) is 7.11 Å². The van der Waals surface area contributed by atoms with Crippen LogP contribution in [0.4, 0.5) is 0 Å². The highest BCUT2D eigenvalue weighted by Gasteiger charge is 2.50. The molecule has 3 unspecified atom stereocenters. The van der Waals surface area contributed by atoms with E-state index in [1.165, 1.54) is 7.11 Å². The number of hydrogen-bond acceptors (Lipinski definition) is 5. The molecule has 0 saturated heterocycles. The molecule has 5 heteroatoms. The zero-order valence-corrected chi connectivity index (χ0v) is 14.7. The fourth-order valence-electron chi connectivity index (χ4n) is 3.80. The second kappa shape index (κ2) is 7.02.